The van der Waals surface area contributed by atoms with Crippen LogP contribution >= 0.6 is 34.2 Å². The van der Waals surface area contributed by atoms with E-state index in [1.165, 1.54) is 6.08 Å². The Hall–Kier alpha value is -0.530. The summed E-state index contributed by atoms with van der Waals surface area (Å²) < 4.78 is 1.11. The third-order valence-electron chi connectivity index (χ3n) is 1.29. The summed E-state index contributed by atoms with van der Waals surface area (Å²) in [6, 6.07) is 9.57. The van der Waals surface area contributed by atoms with Crippen molar-refractivity contribution in [2.75, 3.05) is 0 Å². The lowest BCUT2D eigenvalue weighted by atomic mass is 10.2. The molecule has 0 aliphatic carbocycles. The number of nitriles is 1. The summed E-state index contributed by atoms with van der Waals surface area (Å²) in [4.78, 5) is 0. The number of nitrogens with zero attached hydrogens (tertiary/aromatic N) is 1. The zero-order valence-corrected chi connectivity index (χ0v) is 9.00. The molecule has 0 saturated heterocycles. The van der Waals surface area contributed by atoms with Crippen molar-refractivity contribution >= 4 is 39.2 Å². The van der Waals surface area contributed by atoms with Crippen LogP contribution in [0.4, 0.5) is 0 Å². The van der Waals surface area contributed by atoms with Crippen LogP contribution in [-0.2, 0) is 0 Å². The first-order valence-corrected chi connectivity index (χ1v) is 4.71. The van der Waals surface area contributed by atoms with E-state index in [-0.39, 0.29) is 0 Å². The monoisotopic (exact) mass is 289 g/mol. The zero-order valence-electron chi connectivity index (χ0n) is 6.09. The van der Waals surface area contributed by atoms with Gasteiger partial charge in [0.2, 0.25) is 0 Å². The van der Waals surface area contributed by atoms with Crippen molar-refractivity contribution in [1.82, 2.24) is 0 Å². The van der Waals surface area contributed by atoms with Crippen molar-refractivity contribution < 1.29 is 0 Å². The molecule has 1 aromatic rings. The molecule has 1 aromatic carbocycles. The molecule has 0 bridgehead atoms. The van der Waals surface area contributed by atoms with Gasteiger partial charge in [-0.05, 0) is 40.3 Å². The van der Waals surface area contributed by atoms with Crippen molar-refractivity contribution in [2.24, 2.45) is 0 Å². The molecule has 0 amide bonds. The molecule has 0 unspecified atom stereocenters. The summed E-state index contributed by atoms with van der Waals surface area (Å²) in [5.74, 6) is 0. The van der Waals surface area contributed by atoms with Gasteiger partial charge in [-0.3, -0.25) is 0 Å². The van der Waals surface area contributed by atoms with Crippen molar-refractivity contribution in [3.63, 3.8) is 0 Å². The summed E-state index contributed by atoms with van der Waals surface area (Å²) in [5.41, 5.74) is 0.880. The maximum atomic E-state index is 8.35. The molecular weight excluding hydrogens is 284 g/mol. The van der Waals surface area contributed by atoms with E-state index < -0.39 is 0 Å². The molecule has 0 heterocycles. The van der Waals surface area contributed by atoms with Gasteiger partial charge in [0.1, 0.15) is 0 Å². The number of rotatable bonds is 1. The molecule has 0 fully saturated rings. The van der Waals surface area contributed by atoms with Crippen molar-refractivity contribution in [3.8, 4) is 6.07 Å². The first-order valence-electron chi connectivity index (χ1n) is 3.25. The lowest BCUT2D eigenvalue weighted by Gasteiger charge is -1.97. The molecule has 3 heteroatoms. The van der Waals surface area contributed by atoms with Gasteiger partial charge < -0.3 is 0 Å². The van der Waals surface area contributed by atoms with E-state index in [9.17, 15) is 0 Å². The lowest BCUT2D eigenvalue weighted by molar-refractivity contribution is 1.53. The molecule has 0 aliphatic heterocycles. The number of halogens is 2. The van der Waals surface area contributed by atoms with Crippen LogP contribution in [0.5, 0.6) is 0 Å². The van der Waals surface area contributed by atoms with E-state index in [0.717, 1.165) is 9.13 Å². The van der Waals surface area contributed by atoms with Gasteiger partial charge in [-0.25, -0.2) is 0 Å². The van der Waals surface area contributed by atoms with Crippen molar-refractivity contribution in [1.29, 1.82) is 5.26 Å². The third kappa shape index (κ3) is 2.50. The lowest BCUT2D eigenvalue weighted by Crippen LogP contribution is -1.77. The molecule has 0 N–H and O–H groups in total. The highest BCUT2D eigenvalue weighted by atomic mass is 127. The maximum absolute atomic E-state index is 8.35. The van der Waals surface area contributed by atoms with E-state index in [4.69, 9.17) is 16.9 Å². The molecular formula is C9H5ClIN. The molecule has 0 aliphatic rings. The number of benzene rings is 1. The van der Waals surface area contributed by atoms with Gasteiger partial charge in [-0.1, -0.05) is 23.7 Å². The first kappa shape index (κ1) is 9.56. The Labute approximate surface area is 89.8 Å². The van der Waals surface area contributed by atoms with Crippen LogP contribution in [0.25, 0.3) is 5.03 Å². The fourth-order valence-electron chi connectivity index (χ4n) is 0.777. The van der Waals surface area contributed by atoms with E-state index in [1.807, 2.05) is 30.3 Å². The standard InChI is InChI=1S/C9H5ClIN/c10-9(4-5-12)7-2-1-3-8(11)6-7/h1-4,6H. The predicted molar refractivity (Wildman–Crippen MR) is 58.6 cm³/mol. The second kappa shape index (κ2) is 4.48. The molecule has 12 heavy (non-hydrogen) atoms. The van der Waals surface area contributed by atoms with Crippen LogP contribution in [0.15, 0.2) is 30.3 Å². The predicted octanol–water partition coefficient (Wildman–Crippen LogP) is 3.39. The topological polar surface area (TPSA) is 23.8 Å². The fraction of sp³-hybridized carbons (Fsp3) is 0. The van der Waals surface area contributed by atoms with Crippen LogP contribution in [0.1, 0.15) is 5.56 Å². The van der Waals surface area contributed by atoms with Crippen LogP contribution in [-0.4, -0.2) is 0 Å². The van der Waals surface area contributed by atoms with Crippen LogP contribution in [0.2, 0.25) is 0 Å². The Balaban J connectivity index is 3.05. The average molecular weight is 290 g/mol. The Morgan fingerprint density at radius 2 is 2.33 bits per heavy atom. The normalized spacial score (nSPS) is 10.9. The third-order valence-corrected chi connectivity index (χ3v) is 2.29. The molecule has 0 saturated carbocycles. The highest BCUT2D eigenvalue weighted by Gasteiger charge is 1.96. The molecule has 0 aromatic heterocycles. The van der Waals surface area contributed by atoms with Gasteiger partial charge in [0.05, 0.1) is 11.1 Å². The van der Waals surface area contributed by atoms with Crippen LogP contribution in [0.3, 0.4) is 0 Å². The van der Waals surface area contributed by atoms with Gasteiger partial charge in [0.15, 0.2) is 0 Å². The Morgan fingerprint density at radius 3 is 2.92 bits per heavy atom. The highest BCUT2D eigenvalue weighted by Crippen LogP contribution is 2.19. The Bertz CT molecular complexity index is 352. The quantitative estimate of drug-likeness (QED) is 0.574. The van der Waals surface area contributed by atoms with Crippen LogP contribution < -0.4 is 0 Å². The molecule has 1 rings (SSSR count). The minimum atomic E-state index is 0.482. The van der Waals surface area contributed by atoms with Crippen molar-refractivity contribution in [2.45, 2.75) is 0 Å². The van der Waals surface area contributed by atoms with Crippen molar-refractivity contribution in [3.05, 3.63) is 39.5 Å². The minimum Gasteiger partial charge on any atom is -0.193 e. The highest BCUT2D eigenvalue weighted by molar-refractivity contribution is 14.1. The van der Waals surface area contributed by atoms with Gasteiger partial charge in [0, 0.05) is 9.65 Å². The van der Waals surface area contributed by atoms with Crippen LogP contribution in [0, 0.1) is 14.9 Å². The van der Waals surface area contributed by atoms with E-state index in [2.05, 4.69) is 22.6 Å². The second-order valence-corrected chi connectivity index (χ2v) is 3.78. The summed E-state index contributed by atoms with van der Waals surface area (Å²) in [7, 11) is 0. The van der Waals surface area contributed by atoms with Gasteiger partial charge in [-0.15, -0.1) is 0 Å². The van der Waals surface area contributed by atoms with Gasteiger partial charge in [-0.2, -0.15) is 5.26 Å². The van der Waals surface area contributed by atoms with E-state index >= 15 is 0 Å². The molecule has 1 nitrogen and oxygen atoms in total. The summed E-state index contributed by atoms with van der Waals surface area (Å²) in [5, 5.41) is 8.84. The number of allylic oxidation sites excluding steroid dienone is 1. The maximum Gasteiger partial charge on any atom is 0.0927 e. The average Bonchev–Trinajstić information content (AvgIpc) is 2.05. The van der Waals surface area contributed by atoms with E-state index in [0.29, 0.717) is 5.03 Å². The molecule has 60 valence electrons. The number of hydrogen-bond acceptors (Lipinski definition) is 1. The van der Waals surface area contributed by atoms with Gasteiger partial charge in [0.25, 0.3) is 0 Å². The summed E-state index contributed by atoms with van der Waals surface area (Å²) >= 11 is 8.01. The first-order chi connectivity index (χ1) is 5.74. The Morgan fingerprint density at radius 1 is 1.58 bits per heavy atom. The minimum absolute atomic E-state index is 0.482. The fourth-order valence-corrected chi connectivity index (χ4v) is 1.49. The van der Waals surface area contributed by atoms with Gasteiger partial charge >= 0.3 is 0 Å². The zero-order chi connectivity index (χ0) is 8.97. The Kier molecular flexibility index (Phi) is 3.57. The second-order valence-electron chi connectivity index (χ2n) is 2.13. The summed E-state index contributed by atoms with van der Waals surface area (Å²) in [6.45, 7) is 0. The van der Waals surface area contributed by atoms with E-state index in [1.54, 1.807) is 0 Å². The largest absolute Gasteiger partial charge is 0.193 e. The molecule has 0 spiro atoms. The smallest absolute Gasteiger partial charge is 0.0927 e. The molecule has 0 atom stereocenters. The SMILES string of the molecule is N#CC=C(Cl)c1cccc(I)c1. The summed E-state index contributed by atoms with van der Waals surface area (Å²) in [6.07, 6.45) is 1.33. The number of hydrogen-bond donors (Lipinski definition) is 0. The molecule has 0 radical (unpaired) electrons.